The van der Waals surface area contributed by atoms with E-state index < -0.39 is 18.0 Å². The van der Waals surface area contributed by atoms with Gasteiger partial charge in [0, 0.05) is 19.8 Å². The Morgan fingerprint density at radius 3 is 2.68 bits per heavy atom. The van der Waals surface area contributed by atoms with Crippen molar-refractivity contribution in [1.29, 1.82) is 0 Å². The number of hydrogen-bond donors (Lipinski definition) is 3. The van der Waals surface area contributed by atoms with Crippen molar-refractivity contribution in [3.8, 4) is 0 Å². The zero-order valence-corrected chi connectivity index (χ0v) is 12.4. The molecule has 0 aliphatic heterocycles. The van der Waals surface area contributed by atoms with Crippen LogP contribution in [0.15, 0.2) is 0 Å². The molecule has 0 aromatic heterocycles. The number of carbonyl (C=O) groups is 2. The molecule has 0 heterocycles. The van der Waals surface area contributed by atoms with Crippen LogP contribution in [0, 0.1) is 0 Å². The summed E-state index contributed by atoms with van der Waals surface area (Å²) in [7, 11) is 0. The Labute approximate surface area is 118 Å². The maximum atomic E-state index is 11.5. The van der Waals surface area contributed by atoms with Gasteiger partial charge in [-0.3, -0.25) is 0 Å². The second-order valence-electron chi connectivity index (χ2n) is 4.04. The van der Waals surface area contributed by atoms with E-state index in [4.69, 9.17) is 9.84 Å². The van der Waals surface area contributed by atoms with Gasteiger partial charge in [-0.1, -0.05) is 6.92 Å². The van der Waals surface area contributed by atoms with Gasteiger partial charge in [-0.15, -0.1) is 0 Å². The van der Waals surface area contributed by atoms with Gasteiger partial charge in [0.25, 0.3) is 0 Å². The van der Waals surface area contributed by atoms with E-state index in [1.807, 2.05) is 13.2 Å². The Morgan fingerprint density at radius 2 is 2.11 bits per heavy atom. The minimum atomic E-state index is -1.00. The summed E-state index contributed by atoms with van der Waals surface area (Å²) in [6, 6.07) is -1.27. The fourth-order valence-electron chi connectivity index (χ4n) is 1.32. The van der Waals surface area contributed by atoms with Gasteiger partial charge in [0.1, 0.15) is 6.04 Å². The van der Waals surface area contributed by atoms with Crippen molar-refractivity contribution in [2.24, 2.45) is 0 Å². The maximum Gasteiger partial charge on any atom is 0.326 e. The molecule has 0 aromatic rings. The van der Waals surface area contributed by atoms with Gasteiger partial charge in [-0.05, 0) is 31.3 Å². The first-order chi connectivity index (χ1) is 9.11. The van der Waals surface area contributed by atoms with Crippen LogP contribution in [0.4, 0.5) is 4.79 Å². The molecule has 19 heavy (non-hydrogen) atoms. The Hall–Kier alpha value is -0.950. The molecule has 0 aromatic carbocycles. The molecule has 7 heteroatoms. The predicted octanol–water partition coefficient (Wildman–Crippen LogP) is 1.31. The van der Waals surface area contributed by atoms with Crippen LogP contribution in [0.1, 0.15) is 26.2 Å². The van der Waals surface area contributed by atoms with E-state index in [1.54, 1.807) is 11.8 Å². The molecule has 3 N–H and O–H groups in total. The van der Waals surface area contributed by atoms with Gasteiger partial charge in [-0.2, -0.15) is 11.8 Å². The van der Waals surface area contributed by atoms with Gasteiger partial charge in [0.2, 0.25) is 0 Å². The van der Waals surface area contributed by atoms with Crippen molar-refractivity contribution in [3.05, 3.63) is 0 Å². The highest BCUT2D eigenvalue weighted by Gasteiger charge is 2.18. The number of hydrogen-bond acceptors (Lipinski definition) is 4. The number of ether oxygens (including phenoxy) is 1. The van der Waals surface area contributed by atoms with Gasteiger partial charge in [0.05, 0.1) is 0 Å². The van der Waals surface area contributed by atoms with Crippen LogP contribution < -0.4 is 10.6 Å². The van der Waals surface area contributed by atoms with Gasteiger partial charge in [-0.25, -0.2) is 9.59 Å². The van der Waals surface area contributed by atoms with E-state index in [0.29, 0.717) is 25.3 Å². The van der Waals surface area contributed by atoms with E-state index in [0.717, 1.165) is 19.4 Å². The third-order valence-corrected chi connectivity index (χ3v) is 2.96. The van der Waals surface area contributed by atoms with Crippen molar-refractivity contribution in [2.75, 3.05) is 31.8 Å². The molecule has 0 radical (unpaired) electrons. The third kappa shape index (κ3) is 10.6. The average Bonchev–Trinajstić information content (AvgIpc) is 2.38. The number of carbonyl (C=O) groups excluding carboxylic acids is 1. The number of urea groups is 1. The Kier molecular flexibility index (Phi) is 11.5. The SMILES string of the molecule is CCCOCCCNC(=O)N[C@@H](CCSC)C(=O)O. The number of rotatable bonds is 11. The number of thioether (sulfide) groups is 1. The van der Waals surface area contributed by atoms with E-state index in [-0.39, 0.29) is 0 Å². The summed E-state index contributed by atoms with van der Waals surface area (Å²) in [5, 5.41) is 14.0. The summed E-state index contributed by atoms with van der Waals surface area (Å²) in [4.78, 5) is 22.4. The molecular weight excluding hydrogens is 268 g/mol. The summed E-state index contributed by atoms with van der Waals surface area (Å²) >= 11 is 1.55. The molecule has 112 valence electrons. The Balaban J connectivity index is 3.71. The second-order valence-corrected chi connectivity index (χ2v) is 5.02. The molecule has 0 saturated heterocycles. The predicted molar refractivity (Wildman–Crippen MR) is 76.7 cm³/mol. The van der Waals surface area contributed by atoms with Crippen molar-refractivity contribution >= 4 is 23.8 Å². The molecule has 0 spiro atoms. The lowest BCUT2D eigenvalue weighted by Gasteiger charge is -2.14. The first-order valence-corrected chi connectivity index (χ1v) is 7.85. The molecule has 0 fully saturated rings. The average molecular weight is 292 g/mol. The topological polar surface area (TPSA) is 87.7 Å². The highest BCUT2D eigenvalue weighted by molar-refractivity contribution is 7.98. The highest BCUT2D eigenvalue weighted by Crippen LogP contribution is 2.00. The highest BCUT2D eigenvalue weighted by atomic mass is 32.2. The van der Waals surface area contributed by atoms with E-state index in [9.17, 15) is 9.59 Å². The van der Waals surface area contributed by atoms with Gasteiger partial charge < -0.3 is 20.5 Å². The fraction of sp³-hybridized carbons (Fsp3) is 0.833. The largest absolute Gasteiger partial charge is 0.480 e. The molecular formula is C12H24N2O4S. The number of carboxylic acids is 1. The molecule has 0 saturated carbocycles. The van der Waals surface area contributed by atoms with Crippen LogP contribution in [-0.4, -0.2) is 54.9 Å². The van der Waals surface area contributed by atoms with Gasteiger partial charge in [0.15, 0.2) is 0 Å². The summed E-state index contributed by atoms with van der Waals surface area (Å²) in [6.45, 7) is 3.83. The molecule has 2 amide bonds. The number of nitrogens with one attached hydrogen (secondary N) is 2. The van der Waals surface area contributed by atoms with Crippen LogP contribution in [0.2, 0.25) is 0 Å². The molecule has 1 atom stereocenters. The molecule has 0 aliphatic rings. The van der Waals surface area contributed by atoms with Crippen LogP contribution in [0.3, 0.4) is 0 Å². The third-order valence-electron chi connectivity index (χ3n) is 2.31. The minimum Gasteiger partial charge on any atom is -0.480 e. The molecule has 0 aliphatic carbocycles. The van der Waals surface area contributed by atoms with Crippen molar-refractivity contribution in [2.45, 2.75) is 32.2 Å². The minimum absolute atomic E-state index is 0.420. The fourth-order valence-corrected chi connectivity index (χ4v) is 1.80. The maximum absolute atomic E-state index is 11.5. The number of aliphatic carboxylic acids is 1. The van der Waals surface area contributed by atoms with Crippen molar-refractivity contribution in [1.82, 2.24) is 10.6 Å². The lowest BCUT2D eigenvalue weighted by atomic mass is 10.2. The zero-order chi connectivity index (χ0) is 14.5. The van der Waals surface area contributed by atoms with Gasteiger partial charge >= 0.3 is 12.0 Å². The van der Waals surface area contributed by atoms with Crippen molar-refractivity contribution < 1.29 is 19.4 Å². The van der Waals surface area contributed by atoms with E-state index in [2.05, 4.69) is 10.6 Å². The normalized spacial score (nSPS) is 11.9. The van der Waals surface area contributed by atoms with E-state index in [1.165, 1.54) is 0 Å². The lowest BCUT2D eigenvalue weighted by Crippen LogP contribution is -2.46. The summed E-state index contributed by atoms with van der Waals surface area (Å²) < 4.78 is 5.27. The molecule has 0 rings (SSSR count). The first-order valence-electron chi connectivity index (χ1n) is 6.45. The summed E-state index contributed by atoms with van der Waals surface area (Å²) in [5.74, 6) is -0.308. The smallest absolute Gasteiger partial charge is 0.326 e. The Bertz CT molecular complexity index is 264. The van der Waals surface area contributed by atoms with E-state index >= 15 is 0 Å². The first kappa shape index (κ1) is 18.0. The Morgan fingerprint density at radius 1 is 1.37 bits per heavy atom. The zero-order valence-electron chi connectivity index (χ0n) is 11.6. The summed E-state index contributed by atoms with van der Waals surface area (Å²) in [5.41, 5.74) is 0. The molecule has 0 bridgehead atoms. The lowest BCUT2D eigenvalue weighted by molar-refractivity contribution is -0.139. The quantitative estimate of drug-likeness (QED) is 0.500. The second kappa shape index (κ2) is 12.1. The van der Waals surface area contributed by atoms with Crippen LogP contribution in [0.25, 0.3) is 0 Å². The molecule has 6 nitrogen and oxygen atoms in total. The number of amides is 2. The molecule has 0 unspecified atom stereocenters. The monoisotopic (exact) mass is 292 g/mol. The van der Waals surface area contributed by atoms with Crippen LogP contribution >= 0.6 is 11.8 Å². The standard InChI is InChI=1S/C12H24N2O4S/c1-3-7-18-8-4-6-13-12(17)14-10(11(15)16)5-9-19-2/h10H,3-9H2,1-2H3,(H,15,16)(H2,13,14,17)/t10-/m0/s1. The number of carboxylic acid groups (broad SMARTS) is 1. The van der Waals surface area contributed by atoms with Crippen molar-refractivity contribution in [3.63, 3.8) is 0 Å². The summed E-state index contributed by atoms with van der Waals surface area (Å²) in [6.07, 6.45) is 4.01. The van der Waals surface area contributed by atoms with Crippen LogP contribution in [-0.2, 0) is 9.53 Å². The van der Waals surface area contributed by atoms with Crippen LogP contribution in [0.5, 0.6) is 0 Å².